The van der Waals surface area contributed by atoms with Gasteiger partial charge >= 0.3 is 6.61 Å². The molecule has 4 nitrogen and oxygen atoms in total. The second kappa shape index (κ2) is 5.44. The number of amides is 1. The molecular formula is C17H21F2NO3. The Balaban J connectivity index is 1.72. The lowest BCUT2D eigenvalue weighted by atomic mass is 9.48. The second-order valence-electron chi connectivity index (χ2n) is 7.33. The number of carbonyl (C=O) groups is 1. The van der Waals surface area contributed by atoms with Crippen molar-refractivity contribution in [1.29, 1.82) is 0 Å². The second-order valence-corrected chi connectivity index (χ2v) is 7.33. The summed E-state index contributed by atoms with van der Waals surface area (Å²) in [5.41, 5.74) is 0.392. The van der Waals surface area contributed by atoms with Crippen LogP contribution in [0.1, 0.15) is 30.6 Å². The summed E-state index contributed by atoms with van der Waals surface area (Å²) in [6, 6.07) is 5.74. The van der Waals surface area contributed by atoms with E-state index in [0.29, 0.717) is 24.6 Å². The molecule has 23 heavy (non-hydrogen) atoms. The van der Waals surface area contributed by atoms with Gasteiger partial charge in [-0.1, -0.05) is 13.8 Å². The van der Waals surface area contributed by atoms with Gasteiger partial charge in [-0.05, 0) is 42.0 Å². The predicted octanol–water partition coefficient (Wildman–Crippen LogP) is 2.77. The quantitative estimate of drug-likeness (QED) is 0.926. The first-order chi connectivity index (χ1) is 10.8. The van der Waals surface area contributed by atoms with E-state index >= 15 is 0 Å². The molecule has 1 aliphatic heterocycles. The van der Waals surface area contributed by atoms with Gasteiger partial charge in [0, 0.05) is 24.1 Å². The van der Waals surface area contributed by atoms with E-state index < -0.39 is 6.61 Å². The van der Waals surface area contributed by atoms with Crippen LogP contribution >= 0.6 is 0 Å². The lowest BCUT2D eigenvalue weighted by Crippen LogP contribution is -2.54. The summed E-state index contributed by atoms with van der Waals surface area (Å²) in [6.45, 7) is 2.71. The minimum absolute atomic E-state index is 0.0333. The van der Waals surface area contributed by atoms with Crippen LogP contribution in [0.15, 0.2) is 24.3 Å². The Kier molecular flexibility index (Phi) is 3.83. The first-order valence-electron chi connectivity index (χ1n) is 7.72. The molecular weight excluding hydrogens is 304 g/mol. The van der Waals surface area contributed by atoms with E-state index in [1.807, 2.05) is 0 Å². The van der Waals surface area contributed by atoms with Crippen molar-refractivity contribution in [1.82, 2.24) is 4.90 Å². The Labute approximate surface area is 134 Å². The van der Waals surface area contributed by atoms with Gasteiger partial charge in [0.2, 0.25) is 0 Å². The number of hydrogen-bond acceptors (Lipinski definition) is 3. The molecule has 2 aliphatic rings. The first-order valence-corrected chi connectivity index (χ1v) is 7.72. The van der Waals surface area contributed by atoms with Gasteiger partial charge in [0.1, 0.15) is 5.75 Å². The molecule has 1 saturated heterocycles. The number of nitrogens with zero attached hydrogens (tertiary/aromatic N) is 1. The van der Waals surface area contributed by atoms with E-state index in [2.05, 4.69) is 18.6 Å². The van der Waals surface area contributed by atoms with Crippen LogP contribution in [0.2, 0.25) is 0 Å². The fourth-order valence-corrected chi connectivity index (χ4v) is 4.46. The maximum absolute atomic E-state index is 12.6. The molecule has 0 aromatic heterocycles. The Hall–Kier alpha value is -1.69. The van der Waals surface area contributed by atoms with E-state index in [4.69, 9.17) is 0 Å². The van der Waals surface area contributed by atoms with Gasteiger partial charge in [-0.15, -0.1) is 0 Å². The monoisotopic (exact) mass is 325 g/mol. The zero-order valence-corrected chi connectivity index (χ0v) is 13.3. The number of ether oxygens (including phenoxy) is 1. The fraction of sp³-hybridized carbons (Fsp3) is 0.588. The van der Waals surface area contributed by atoms with Gasteiger partial charge in [0.05, 0.1) is 6.61 Å². The minimum atomic E-state index is -2.88. The third kappa shape index (κ3) is 2.69. The van der Waals surface area contributed by atoms with Crippen molar-refractivity contribution in [3.63, 3.8) is 0 Å². The highest BCUT2D eigenvalue weighted by Gasteiger charge is 2.63. The van der Waals surface area contributed by atoms with Gasteiger partial charge < -0.3 is 14.7 Å². The van der Waals surface area contributed by atoms with Crippen molar-refractivity contribution in [2.45, 2.75) is 26.9 Å². The SMILES string of the molecule is CC1(C)C[C@]2(CO)CN(C(=O)c3ccc(OC(F)F)cc3)C[C@H]12. The number of aliphatic hydroxyl groups is 1. The first kappa shape index (κ1) is 16.2. The van der Waals surface area contributed by atoms with Crippen LogP contribution in [-0.4, -0.2) is 42.2 Å². The zero-order valence-electron chi connectivity index (χ0n) is 13.3. The van der Waals surface area contributed by atoms with Gasteiger partial charge in [-0.2, -0.15) is 8.78 Å². The Morgan fingerprint density at radius 2 is 2.04 bits per heavy atom. The van der Waals surface area contributed by atoms with Crippen molar-refractivity contribution >= 4 is 5.91 Å². The molecule has 0 bridgehead atoms. The molecule has 6 heteroatoms. The summed E-state index contributed by atoms with van der Waals surface area (Å²) in [6.07, 6.45) is 0.909. The molecule has 1 saturated carbocycles. The van der Waals surface area contributed by atoms with Crippen LogP contribution in [0, 0.1) is 16.7 Å². The Morgan fingerprint density at radius 3 is 2.52 bits per heavy atom. The van der Waals surface area contributed by atoms with Crippen molar-refractivity contribution < 1.29 is 23.4 Å². The number of benzene rings is 1. The number of halogens is 2. The molecule has 0 spiro atoms. The number of alkyl halides is 2. The summed E-state index contributed by atoms with van der Waals surface area (Å²) in [7, 11) is 0. The smallest absolute Gasteiger partial charge is 0.387 e. The fourth-order valence-electron chi connectivity index (χ4n) is 4.46. The van der Waals surface area contributed by atoms with Crippen molar-refractivity contribution in [2.24, 2.45) is 16.7 Å². The lowest BCUT2D eigenvalue weighted by molar-refractivity contribution is -0.0977. The van der Waals surface area contributed by atoms with E-state index in [9.17, 15) is 18.7 Å². The average Bonchev–Trinajstić information content (AvgIpc) is 2.82. The third-order valence-electron chi connectivity index (χ3n) is 5.33. The third-order valence-corrected chi connectivity index (χ3v) is 5.33. The summed E-state index contributed by atoms with van der Waals surface area (Å²) < 4.78 is 28.6. The predicted molar refractivity (Wildman–Crippen MR) is 80.4 cm³/mol. The number of aliphatic hydroxyl groups excluding tert-OH is 1. The molecule has 1 amide bonds. The maximum Gasteiger partial charge on any atom is 0.387 e. The molecule has 2 atom stereocenters. The maximum atomic E-state index is 12.6. The highest BCUT2D eigenvalue weighted by Crippen LogP contribution is 2.62. The van der Waals surface area contributed by atoms with Gasteiger partial charge in [0.25, 0.3) is 5.91 Å². The molecule has 2 fully saturated rings. The van der Waals surface area contributed by atoms with Gasteiger partial charge in [0.15, 0.2) is 0 Å². The Morgan fingerprint density at radius 1 is 1.39 bits per heavy atom. The summed E-state index contributed by atoms with van der Waals surface area (Å²) in [5, 5.41) is 9.74. The van der Waals surface area contributed by atoms with E-state index in [0.717, 1.165) is 6.42 Å². The molecule has 126 valence electrons. The van der Waals surface area contributed by atoms with Crippen LogP contribution in [0.5, 0.6) is 5.75 Å². The number of rotatable bonds is 4. The lowest BCUT2D eigenvalue weighted by Gasteiger charge is -2.55. The molecule has 1 aliphatic carbocycles. The van der Waals surface area contributed by atoms with Crippen molar-refractivity contribution in [2.75, 3.05) is 19.7 Å². The largest absolute Gasteiger partial charge is 0.435 e. The van der Waals surface area contributed by atoms with Crippen LogP contribution < -0.4 is 4.74 Å². The van der Waals surface area contributed by atoms with Crippen LogP contribution in [-0.2, 0) is 0 Å². The van der Waals surface area contributed by atoms with Gasteiger partial charge in [-0.25, -0.2) is 0 Å². The van der Waals surface area contributed by atoms with Crippen LogP contribution in [0.3, 0.4) is 0 Å². The topological polar surface area (TPSA) is 49.8 Å². The molecule has 0 radical (unpaired) electrons. The molecule has 1 aromatic rings. The number of fused-ring (bicyclic) bond motifs is 1. The number of carbonyl (C=O) groups excluding carboxylic acids is 1. The van der Waals surface area contributed by atoms with E-state index in [1.165, 1.54) is 24.3 Å². The standard InChI is InChI=1S/C17H21F2NO3/c1-16(2)8-17(10-21)9-20(7-13(16)17)14(22)11-3-5-12(6-4-11)23-15(18)19/h3-6,13,15,21H,7-10H2,1-2H3/t13-,17-/m1/s1. The van der Waals surface area contributed by atoms with Crippen LogP contribution in [0.4, 0.5) is 8.78 Å². The Bertz CT molecular complexity index is 602. The highest BCUT2D eigenvalue weighted by molar-refractivity contribution is 5.94. The molecule has 3 rings (SSSR count). The minimum Gasteiger partial charge on any atom is -0.435 e. The van der Waals surface area contributed by atoms with E-state index in [-0.39, 0.29) is 29.1 Å². The zero-order chi connectivity index (χ0) is 16.8. The molecule has 1 aromatic carbocycles. The van der Waals surface area contributed by atoms with Crippen molar-refractivity contribution in [3.8, 4) is 5.75 Å². The van der Waals surface area contributed by atoms with Crippen LogP contribution in [0.25, 0.3) is 0 Å². The summed E-state index contributed by atoms with van der Waals surface area (Å²) >= 11 is 0. The van der Waals surface area contributed by atoms with Gasteiger partial charge in [-0.3, -0.25) is 4.79 Å². The highest BCUT2D eigenvalue weighted by atomic mass is 19.3. The summed E-state index contributed by atoms with van der Waals surface area (Å²) in [4.78, 5) is 14.4. The average molecular weight is 325 g/mol. The summed E-state index contributed by atoms with van der Waals surface area (Å²) in [5.74, 6) is 0.197. The number of hydrogen-bond donors (Lipinski definition) is 1. The molecule has 1 heterocycles. The van der Waals surface area contributed by atoms with Crippen molar-refractivity contribution in [3.05, 3.63) is 29.8 Å². The molecule has 0 unspecified atom stereocenters. The van der Waals surface area contributed by atoms with E-state index in [1.54, 1.807) is 4.90 Å². The normalized spacial score (nSPS) is 28.4. The molecule has 1 N–H and O–H groups in total. The number of likely N-dealkylation sites (tertiary alicyclic amines) is 1.